The largest absolute Gasteiger partial charge is 0.481 e. The van der Waals surface area contributed by atoms with Crippen LogP contribution in [-0.2, 0) is 11.2 Å². The molecule has 76 valence electrons. The number of rotatable bonds is 3. The van der Waals surface area contributed by atoms with Crippen molar-refractivity contribution in [3.05, 3.63) is 28.0 Å². The molecule has 1 heterocycles. The predicted molar refractivity (Wildman–Crippen MR) is 48.2 cm³/mol. The van der Waals surface area contributed by atoms with Gasteiger partial charge in [0.2, 0.25) is 0 Å². The Morgan fingerprint density at radius 1 is 1.64 bits per heavy atom. The van der Waals surface area contributed by atoms with Crippen LogP contribution in [0.2, 0.25) is 0 Å². The molecule has 0 aromatic carbocycles. The minimum Gasteiger partial charge on any atom is -0.481 e. The number of alkyl halides is 2. The lowest BCUT2D eigenvalue weighted by molar-refractivity contribution is -0.136. The standard InChI is InChI=1S/C8H6BrF2NO2/c9-7-4(2-6(13)14)1-5(3-12-7)8(10)11/h1,3,8H,2H2,(H,13,14). The number of hydrogen-bond donors (Lipinski definition) is 1. The molecule has 0 saturated carbocycles. The van der Waals surface area contributed by atoms with Gasteiger partial charge in [0.25, 0.3) is 6.43 Å². The maximum absolute atomic E-state index is 12.2. The molecule has 0 unspecified atom stereocenters. The highest BCUT2D eigenvalue weighted by Gasteiger charge is 2.12. The van der Waals surface area contributed by atoms with E-state index in [1.54, 1.807) is 0 Å². The van der Waals surface area contributed by atoms with Crippen LogP contribution >= 0.6 is 15.9 Å². The molecule has 0 saturated heterocycles. The molecular formula is C8H6BrF2NO2. The Kier molecular flexibility index (Phi) is 3.51. The van der Waals surface area contributed by atoms with Gasteiger partial charge in [0.15, 0.2) is 0 Å². The van der Waals surface area contributed by atoms with Crippen LogP contribution in [0.5, 0.6) is 0 Å². The van der Waals surface area contributed by atoms with Gasteiger partial charge in [-0.25, -0.2) is 13.8 Å². The summed E-state index contributed by atoms with van der Waals surface area (Å²) in [6.07, 6.45) is -1.95. The van der Waals surface area contributed by atoms with Crippen LogP contribution < -0.4 is 0 Å². The van der Waals surface area contributed by atoms with Gasteiger partial charge in [0.05, 0.1) is 6.42 Å². The summed E-state index contributed by atoms with van der Waals surface area (Å²) in [5.41, 5.74) is -0.0280. The molecule has 0 atom stereocenters. The monoisotopic (exact) mass is 265 g/mol. The molecule has 0 spiro atoms. The van der Waals surface area contributed by atoms with E-state index in [9.17, 15) is 13.6 Å². The van der Waals surface area contributed by atoms with E-state index in [2.05, 4.69) is 20.9 Å². The van der Waals surface area contributed by atoms with E-state index in [4.69, 9.17) is 5.11 Å². The fourth-order valence-electron chi connectivity index (χ4n) is 0.918. The van der Waals surface area contributed by atoms with Crippen molar-refractivity contribution in [1.29, 1.82) is 0 Å². The van der Waals surface area contributed by atoms with Gasteiger partial charge in [-0.1, -0.05) is 0 Å². The molecule has 0 bridgehead atoms. The Bertz CT molecular complexity index is 357. The van der Waals surface area contributed by atoms with Crippen LogP contribution in [0.25, 0.3) is 0 Å². The summed E-state index contributed by atoms with van der Waals surface area (Å²) in [5, 5.41) is 8.48. The van der Waals surface area contributed by atoms with Crippen LogP contribution in [0.3, 0.4) is 0 Å². The number of aromatic nitrogens is 1. The molecule has 0 fully saturated rings. The van der Waals surface area contributed by atoms with Crippen molar-refractivity contribution in [1.82, 2.24) is 4.98 Å². The number of aliphatic carboxylic acids is 1. The van der Waals surface area contributed by atoms with E-state index in [1.807, 2.05) is 0 Å². The summed E-state index contributed by atoms with van der Waals surface area (Å²) in [4.78, 5) is 14.0. The number of nitrogens with zero attached hydrogens (tertiary/aromatic N) is 1. The summed E-state index contributed by atoms with van der Waals surface area (Å²) in [6, 6.07) is 1.13. The zero-order valence-electron chi connectivity index (χ0n) is 6.88. The van der Waals surface area contributed by atoms with E-state index in [-0.39, 0.29) is 22.2 Å². The van der Waals surface area contributed by atoms with Crippen LogP contribution in [0.15, 0.2) is 16.9 Å². The van der Waals surface area contributed by atoms with E-state index in [1.165, 1.54) is 0 Å². The molecule has 1 aromatic rings. The van der Waals surface area contributed by atoms with Gasteiger partial charge in [0, 0.05) is 11.8 Å². The van der Waals surface area contributed by atoms with Gasteiger partial charge in [-0.05, 0) is 27.6 Å². The lowest BCUT2D eigenvalue weighted by atomic mass is 10.1. The Morgan fingerprint density at radius 3 is 2.79 bits per heavy atom. The highest BCUT2D eigenvalue weighted by atomic mass is 79.9. The maximum Gasteiger partial charge on any atom is 0.307 e. The SMILES string of the molecule is O=C(O)Cc1cc(C(F)F)cnc1Br. The second-order valence-corrected chi connectivity index (χ2v) is 3.34. The summed E-state index contributed by atoms with van der Waals surface area (Å²) < 4.78 is 24.7. The molecule has 0 aliphatic carbocycles. The Hall–Kier alpha value is -1.04. The van der Waals surface area contributed by atoms with E-state index in [0.29, 0.717) is 0 Å². The first kappa shape index (κ1) is 11.0. The molecule has 1 N–H and O–H groups in total. The minimum atomic E-state index is -2.64. The lowest BCUT2D eigenvalue weighted by Gasteiger charge is -2.03. The maximum atomic E-state index is 12.2. The highest BCUT2D eigenvalue weighted by molar-refractivity contribution is 9.10. The first-order valence-electron chi connectivity index (χ1n) is 3.65. The number of hydrogen-bond acceptors (Lipinski definition) is 2. The average Bonchev–Trinajstić information content (AvgIpc) is 2.07. The second kappa shape index (κ2) is 4.45. The molecule has 1 rings (SSSR count). The smallest absolute Gasteiger partial charge is 0.307 e. The Labute approximate surface area is 86.9 Å². The van der Waals surface area contributed by atoms with E-state index in [0.717, 1.165) is 12.3 Å². The number of carboxylic acid groups (broad SMARTS) is 1. The van der Waals surface area contributed by atoms with Crippen molar-refractivity contribution in [3.63, 3.8) is 0 Å². The third kappa shape index (κ3) is 2.73. The first-order valence-corrected chi connectivity index (χ1v) is 4.44. The molecule has 1 aromatic heterocycles. The second-order valence-electron chi connectivity index (χ2n) is 2.59. The van der Waals surface area contributed by atoms with Gasteiger partial charge >= 0.3 is 5.97 Å². The highest BCUT2D eigenvalue weighted by Crippen LogP contribution is 2.22. The van der Waals surface area contributed by atoms with E-state index < -0.39 is 12.4 Å². The zero-order valence-corrected chi connectivity index (χ0v) is 8.46. The third-order valence-corrected chi connectivity index (χ3v) is 2.24. The first-order chi connectivity index (χ1) is 6.50. The van der Waals surface area contributed by atoms with Gasteiger partial charge in [-0.2, -0.15) is 0 Å². The summed E-state index contributed by atoms with van der Waals surface area (Å²) in [5.74, 6) is -1.08. The fourth-order valence-corrected chi connectivity index (χ4v) is 1.28. The van der Waals surface area contributed by atoms with Crippen molar-refractivity contribution < 1.29 is 18.7 Å². The van der Waals surface area contributed by atoms with E-state index >= 15 is 0 Å². The van der Waals surface area contributed by atoms with Crippen LogP contribution in [0.4, 0.5) is 8.78 Å². The molecule has 3 nitrogen and oxygen atoms in total. The molecule has 0 radical (unpaired) electrons. The van der Waals surface area contributed by atoms with Gasteiger partial charge < -0.3 is 5.11 Å². The molecule has 14 heavy (non-hydrogen) atoms. The summed E-state index contributed by atoms with van der Waals surface area (Å²) >= 11 is 2.99. The number of carbonyl (C=O) groups is 1. The fraction of sp³-hybridized carbons (Fsp3) is 0.250. The van der Waals surface area contributed by atoms with Crippen LogP contribution in [0, 0.1) is 0 Å². The lowest BCUT2D eigenvalue weighted by Crippen LogP contribution is -2.03. The van der Waals surface area contributed by atoms with Gasteiger partial charge in [0.1, 0.15) is 4.60 Å². The van der Waals surface area contributed by atoms with Crippen LogP contribution in [-0.4, -0.2) is 16.1 Å². The Morgan fingerprint density at radius 2 is 2.29 bits per heavy atom. The van der Waals surface area contributed by atoms with Crippen molar-refractivity contribution in [2.75, 3.05) is 0 Å². The molecular weight excluding hydrogens is 260 g/mol. The van der Waals surface area contributed by atoms with Crippen LogP contribution in [0.1, 0.15) is 17.6 Å². The van der Waals surface area contributed by atoms with Crippen molar-refractivity contribution in [2.24, 2.45) is 0 Å². The van der Waals surface area contributed by atoms with Crippen molar-refractivity contribution >= 4 is 21.9 Å². The number of carboxylic acids is 1. The topological polar surface area (TPSA) is 50.2 Å². The quantitative estimate of drug-likeness (QED) is 0.854. The summed E-state index contributed by atoms with van der Waals surface area (Å²) in [7, 11) is 0. The molecule has 0 aliphatic rings. The minimum absolute atomic E-state index is 0.246. The molecule has 0 aliphatic heterocycles. The molecule has 6 heteroatoms. The predicted octanol–water partition coefficient (Wildman–Crippen LogP) is 2.41. The van der Waals surface area contributed by atoms with Gasteiger partial charge in [-0.3, -0.25) is 4.79 Å². The van der Waals surface area contributed by atoms with Crippen molar-refractivity contribution in [3.8, 4) is 0 Å². The van der Waals surface area contributed by atoms with Crippen molar-refractivity contribution in [2.45, 2.75) is 12.8 Å². The normalized spacial score (nSPS) is 10.6. The third-order valence-electron chi connectivity index (χ3n) is 1.53. The zero-order chi connectivity index (χ0) is 10.7. The average molecular weight is 266 g/mol. The number of pyridine rings is 1. The number of halogens is 3. The summed E-state index contributed by atoms with van der Waals surface area (Å²) in [6.45, 7) is 0. The van der Waals surface area contributed by atoms with Gasteiger partial charge in [-0.15, -0.1) is 0 Å². The Balaban J connectivity index is 3.02. The molecule has 0 amide bonds.